The van der Waals surface area contributed by atoms with E-state index in [9.17, 15) is 36.0 Å². The molecule has 1 aromatic heterocycles. The lowest BCUT2D eigenvalue weighted by molar-refractivity contribution is -0.257. The maximum atomic E-state index is 15.1. The Bertz CT molecular complexity index is 2260. The van der Waals surface area contributed by atoms with Gasteiger partial charge in [0.15, 0.2) is 5.78 Å². The molecule has 17 heteroatoms. The van der Waals surface area contributed by atoms with Gasteiger partial charge in [0.2, 0.25) is 39.2 Å². The Balaban J connectivity index is 1.41. The number of Topliss-reactive ketones (excluding diaryl/α,β-unsaturated/α-hetero) is 1. The van der Waals surface area contributed by atoms with E-state index in [1.54, 1.807) is 37.3 Å². The van der Waals surface area contributed by atoms with Gasteiger partial charge in [-0.15, -0.1) is 10.2 Å². The molecule has 0 bridgehead atoms. The van der Waals surface area contributed by atoms with Gasteiger partial charge in [-0.3, -0.25) is 23.9 Å². The number of nitrogens with zero attached hydrogens (tertiary/aromatic N) is 3. The van der Waals surface area contributed by atoms with E-state index in [1.165, 1.54) is 14.0 Å². The molecule has 318 valence electrons. The molecule has 1 saturated heterocycles. The lowest BCUT2D eigenvalue weighted by Crippen LogP contribution is -2.49. The maximum absolute atomic E-state index is 15.1. The molecule has 58 heavy (non-hydrogen) atoms. The van der Waals surface area contributed by atoms with Gasteiger partial charge < -0.3 is 19.1 Å². The third kappa shape index (κ3) is 8.69. The minimum atomic E-state index is -6.11. The summed E-state index contributed by atoms with van der Waals surface area (Å²) in [6, 6.07) is 5.43. The highest BCUT2D eigenvalue weighted by atomic mass is 32.2. The minimum Gasteiger partial charge on any atom is -0.479 e. The van der Waals surface area contributed by atoms with Gasteiger partial charge in [-0.25, -0.2) is 8.42 Å². The number of ketones is 1. The number of methoxy groups -OCH3 is 1. The fraction of sp³-hybridized carbons (Fsp3) is 0.659. The molecule has 0 unspecified atom stereocenters. The lowest BCUT2D eigenvalue weighted by Gasteiger charge is -2.34. The molecule has 2 aromatic rings. The van der Waals surface area contributed by atoms with Crippen LogP contribution in [0, 0.1) is 29.1 Å². The van der Waals surface area contributed by atoms with Crippen molar-refractivity contribution in [3.8, 4) is 11.8 Å². The summed E-state index contributed by atoms with van der Waals surface area (Å²) in [7, 11) is -2.72. The van der Waals surface area contributed by atoms with Crippen molar-refractivity contribution in [1.29, 1.82) is 0 Å². The summed E-state index contributed by atoms with van der Waals surface area (Å²) in [6.45, 7) is -4.14. The Morgan fingerprint density at radius 2 is 1.76 bits per heavy atom. The van der Waals surface area contributed by atoms with E-state index in [2.05, 4.69) is 19.7 Å². The summed E-state index contributed by atoms with van der Waals surface area (Å²) in [6.07, 6.45) is -3.26. The quantitative estimate of drug-likeness (QED) is 0.212. The molecule has 1 N–H and O–H groups in total. The number of allylic oxidation sites excluding steroid dienone is 2. The van der Waals surface area contributed by atoms with Crippen molar-refractivity contribution < 1.29 is 63.2 Å². The van der Waals surface area contributed by atoms with Crippen LogP contribution in [0.4, 0.5) is 13.2 Å². The number of halogens is 3. The summed E-state index contributed by atoms with van der Waals surface area (Å²) >= 11 is 0. The van der Waals surface area contributed by atoms with Crippen LogP contribution in [-0.2, 0) is 33.9 Å². The lowest BCUT2D eigenvalue weighted by atomic mass is 9.79. The Morgan fingerprint density at radius 1 is 1.09 bits per heavy atom. The van der Waals surface area contributed by atoms with E-state index in [1.807, 2.05) is 13.0 Å². The van der Waals surface area contributed by atoms with Crippen LogP contribution in [-0.4, -0.2) is 89.4 Å². The monoisotopic (exact) mass is 840 g/mol. The molecule has 7 atom stereocenters. The number of hydrogen-bond donors (Lipinski definition) is 1. The molecular formula is C41H53F3N4O9S. The predicted octanol–water partition coefficient (Wildman–Crippen LogP) is 6.24. The summed E-state index contributed by atoms with van der Waals surface area (Å²) < 4.78 is 134. The van der Waals surface area contributed by atoms with Crippen LogP contribution in [0.3, 0.4) is 0 Å². The Labute approximate surface area is 345 Å². The number of carbonyl (C=O) groups excluding carboxylic acids is 4. The molecule has 2 aliphatic heterocycles. The van der Waals surface area contributed by atoms with Gasteiger partial charge >= 0.3 is 12.1 Å². The molecule has 3 fully saturated rings. The van der Waals surface area contributed by atoms with Gasteiger partial charge in [-0.05, 0) is 89.0 Å². The molecule has 3 heterocycles. The van der Waals surface area contributed by atoms with E-state index in [0.29, 0.717) is 36.5 Å². The van der Waals surface area contributed by atoms with E-state index < -0.39 is 112 Å². The molecule has 4 aliphatic rings. The largest absolute Gasteiger partial charge is 0.479 e. The van der Waals surface area contributed by atoms with Crippen molar-refractivity contribution in [2.24, 2.45) is 29.1 Å². The zero-order chi connectivity index (χ0) is 47.4. The first-order chi connectivity index (χ1) is 29.6. The number of hydrogen-bond acceptors (Lipinski definition) is 11. The maximum Gasteiger partial charge on any atom is 0.427 e. The first kappa shape index (κ1) is 35.6. The van der Waals surface area contributed by atoms with Crippen LogP contribution >= 0.6 is 0 Å². The Morgan fingerprint density at radius 3 is 2.38 bits per heavy atom. The predicted molar refractivity (Wildman–Crippen MR) is 206 cm³/mol. The van der Waals surface area contributed by atoms with Gasteiger partial charge in [-0.1, -0.05) is 44.6 Å². The number of ether oxygens (including phenoxy) is 3. The van der Waals surface area contributed by atoms with Gasteiger partial charge in [0.05, 0.1) is 53.0 Å². The summed E-state index contributed by atoms with van der Waals surface area (Å²) in [5.41, 5.74) is -6.45. The topological polar surface area (TPSA) is 171 Å². The average Bonchev–Trinajstić information content (AvgIpc) is 4.08. The van der Waals surface area contributed by atoms with Crippen LogP contribution in [0.15, 0.2) is 36.4 Å². The van der Waals surface area contributed by atoms with Crippen molar-refractivity contribution in [2.75, 3.05) is 13.7 Å². The van der Waals surface area contributed by atoms with Crippen molar-refractivity contribution >= 4 is 44.4 Å². The highest BCUT2D eigenvalue weighted by Gasteiger charge is 2.63. The van der Waals surface area contributed by atoms with Crippen LogP contribution in [0.1, 0.15) is 107 Å². The number of sulfonamides is 1. The Hall–Kier alpha value is -4.28. The number of esters is 1. The zero-order valence-electron chi connectivity index (χ0n) is 38.8. The van der Waals surface area contributed by atoms with E-state index >= 15 is 4.79 Å². The standard InChI is InChI=1S/C41H53F3N4O9S/c1-7-25-18-24(2)12-8-9-13-26-21-40(26,37(52)47-58(53,54)39(5)16-17-39)22-32(49)31-19-27(56-35-29-15-11-10-14-28(29)34(55-6)45-46-35)23-48(31)36(51)30(25)20-33(50)57-38(3,4)41(42,43)44/h9-11,13-15,24-27,30-31H,7-8,12,16-23H2,1-6H3,(H,47,52)/b13-9-/t24-,25+,26+,27+,30-,31-,40+/m0/s1/i3D3,4D3. The summed E-state index contributed by atoms with van der Waals surface area (Å²) in [5, 5.41) is 9.23. The van der Waals surface area contributed by atoms with Gasteiger partial charge in [-0.2, -0.15) is 13.2 Å². The van der Waals surface area contributed by atoms with Gasteiger partial charge in [0.25, 0.3) is 0 Å². The number of amides is 2. The number of aromatic nitrogens is 2. The Kier molecular flexibility index (Phi) is 9.87. The number of nitrogens with one attached hydrogen (secondary N) is 1. The van der Waals surface area contributed by atoms with Crippen molar-refractivity contribution in [2.45, 2.75) is 127 Å². The van der Waals surface area contributed by atoms with Gasteiger partial charge in [0, 0.05) is 21.1 Å². The van der Waals surface area contributed by atoms with E-state index in [0.717, 1.165) is 4.90 Å². The second-order valence-corrected chi connectivity index (χ2v) is 18.7. The first-order valence-corrected chi connectivity index (χ1v) is 20.9. The molecule has 6 rings (SSSR count). The molecule has 13 nitrogen and oxygen atoms in total. The number of alkyl halides is 3. The first-order valence-electron chi connectivity index (χ1n) is 22.5. The molecule has 1 aromatic carbocycles. The third-order valence-electron chi connectivity index (χ3n) is 12.3. The molecule has 2 amide bonds. The fourth-order valence-electron chi connectivity index (χ4n) is 8.24. The molecular weight excluding hydrogens is 782 g/mol. The highest BCUT2D eigenvalue weighted by molar-refractivity contribution is 7.91. The van der Waals surface area contributed by atoms with Crippen molar-refractivity contribution in [3.05, 3.63) is 36.4 Å². The summed E-state index contributed by atoms with van der Waals surface area (Å²) in [4.78, 5) is 58.8. The SMILES string of the molecule is [2H]C([2H])([2H])C(OC(=O)C[C@@H]1C(=O)N2C[C@H](Oc3nnc(OC)c4ccccc34)C[C@H]2C(=O)C[C@]2(C(=O)NS(=O)(=O)C3(C)CC3)C[C@H]2/C=C\CC[C@H](C)C[C@H]1CC)(C([2H])([2H])[2H])C(F)(F)F. The highest BCUT2D eigenvalue weighted by Crippen LogP contribution is 2.58. The molecule has 2 saturated carbocycles. The van der Waals surface area contributed by atoms with Crippen LogP contribution < -0.4 is 14.2 Å². The van der Waals surface area contributed by atoms with Crippen LogP contribution in [0.5, 0.6) is 11.8 Å². The number of fused-ring (bicyclic) bond motifs is 3. The number of rotatable bonds is 10. The number of benzene rings is 1. The molecule has 2 aliphatic carbocycles. The normalized spacial score (nSPS) is 31.6. The smallest absolute Gasteiger partial charge is 0.427 e. The minimum absolute atomic E-state index is 0.00395. The van der Waals surface area contributed by atoms with Gasteiger partial charge in [0.1, 0.15) is 6.10 Å². The molecule has 0 spiro atoms. The zero-order valence-corrected chi connectivity index (χ0v) is 33.6. The fourth-order valence-corrected chi connectivity index (χ4v) is 9.58. The second kappa shape index (κ2) is 16.1. The van der Waals surface area contributed by atoms with Crippen LogP contribution in [0.25, 0.3) is 10.8 Å². The van der Waals surface area contributed by atoms with Crippen LogP contribution in [0.2, 0.25) is 0 Å². The van der Waals surface area contributed by atoms with Crippen molar-refractivity contribution in [1.82, 2.24) is 19.8 Å². The van der Waals surface area contributed by atoms with E-state index in [4.69, 9.17) is 17.7 Å². The molecule has 0 radical (unpaired) electrons. The average molecular weight is 841 g/mol. The van der Waals surface area contributed by atoms with Crippen molar-refractivity contribution in [3.63, 3.8) is 0 Å². The summed E-state index contributed by atoms with van der Waals surface area (Å²) in [5.74, 6) is -7.22. The second-order valence-electron chi connectivity index (χ2n) is 16.5. The number of carbonyl (C=O) groups is 4. The third-order valence-corrected chi connectivity index (χ3v) is 14.4. The van der Waals surface area contributed by atoms with E-state index in [-0.39, 0.29) is 49.9 Å².